The Morgan fingerprint density at radius 2 is 1.50 bits per heavy atom. The molecule has 0 saturated heterocycles. The summed E-state index contributed by atoms with van der Waals surface area (Å²) in [5.74, 6) is -6.24. The Hall–Kier alpha value is -3.65. The zero-order valence-corrected chi connectivity index (χ0v) is 14.2. The average molecular weight is 386 g/mol. The molecule has 0 aliphatic carbocycles. The largest absolute Gasteiger partial charge is 0.322 e. The number of nitrogens with one attached hydrogen (secondary N) is 2. The third kappa shape index (κ3) is 3.86. The number of anilines is 1. The van der Waals surface area contributed by atoms with Gasteiger partial charge >= 0.3 is 0 Å². The minimum absolute atomic E-state index is 0.254. The van der Waals surface area contributed by atoms with Crippen molar-refractivity contribution >= 4 is 17.5 Å². The minimum atomic E-state index is -1.71. The molecule has 2 amide bonds. The van der Waals surface area contributed by atoms with Gasteiger partial charge in [-0.3, -0.25) is 14.8 Å². The first kappa shape index (κ1) is 19.1. The van der Waals surface area contributed by atoms with E-state index in [-0.39, 0.29) is 5.56 Å². The van der Waals surface area contributed by atoms with Crippen molar-refractivity contribution in [1.29, 1.82) is 0 Å². The van der Waals surface area contributed by atoms with E-state index in [0.29, 0.717) is 22.9 Å². The first-order valence-electron chi connectivity index (χ1n) is 8.00. The second-order valence-corrected chi connectivity index (χ2v) is 5.78. The van der Waals surface area contributed by atoms with Crippen LogP contribution >= 0.6 is 0 Å². The Bertz CT molecular complexity index is 1050. The van der Waals surface area contributed by atoms with E-state index < -0.39 is 34.8 Å². The average Bonchev–Trinajstić information content (AvgIpc) is 2.71. The van der Waals surface area contributed by atoms with Crippen molar-refractivity contribution in [1.82, 2.24) is 5.48 Å². The van der Waals surface area contributed by atoms with Gasteiger partial charge in [-0.25, -0.2) is 18.7 Å². The molecule has 0 aliphatic heterocycles. The molecular formula is C20H13F3N2O3. The van der Waals surface area contributed by atoms with E-state index in [0.717, 1.165) is 6.07 Å². The molecule has 0 fully saturated rings. The smallest absolute Gasteiger partial charge is 0.274 e. The molecule has 3 N–H and O–H groups in total. The molecule has 0 radical (unpaired) electrons. The molecule has 0 atom stereocenters. The molecule has 8 heteroatoms. The summed E-state index contributed by atoms with van der Waals surface area (Å²) in [4.78, 5) is 23.5. The van der Waals surface area contributed by atoms with Crippen LogP contribution in [0.15, 0.2) is 60.7 Å². The summed E-state index contributed by atoms with van der Waals surface area (Å²) in [7, 11) is 0. The maximum Gasteiger partial charge on any atom is 0.274 e. The molecule has 5 nitrogen and oxygen atoms in total. The van der Waals surface area contributed by atoms with Gasteiger partial charge in [0.15, 0.2) is 17.5 Å². The number of amides is 2. The highest BCUT2D eigenvalue weighted by Crippen LogP contribution is 2.24. The lowest BCUT2D eigenvalue weighted by atomic mass is 10.0. The zero-order valence-electron chi connectivity index (χ0n) is 14.2. The van der Waals surface area contributed by atoms with Crippen molar-refractivity contribution < 1.29 is 28.0 Å². The standard InChI is InChI=1S/C20H13F3N2O3/c21-16-9-8-15(17(22)18(16)23)20(27)24-14-3-1-2-13(10-14)11-4-6-12(7-5-11)19(26)25-28/h1-10,28H,(H,24,27)(H,25,26). The number of carbonyl (C=O) groups excluding carboxylic acids is 2. The molecule has 0 heterocycles. The fourth-order valence-electron chi connectivity index (χ4n) is 2.55. The normalized spacial score (nSPS) is 10.4. The van der Waals surface area contributed by atoms with Gasteiger partial charge in [0, 0.05) is 11.3 Å². The molecule has 0 spiro atoms. The molecule has 3 aromatic rings. The second-order valence-electron chi connectivity index (χ2n) is 5.78. The second kappa shape index (κ2) is 7.93. The SMILES string of the molecule is O=C(NO)c1ccc(-c2cccc(NC(=O)c3ccc(F)c(F)c3F)c2)cc1. The zero-order chi connectivity index (χ0) is 20.3. The highest BCUT2D eigenvalue weighted by Gasteiger charge is 2.19. The van der Waals surface area contributed by atoms with Crippen LogP contribution in [-0.4, -0.2) is 17.0 Å². The first-order chi connectivity index (χ1) is 13.4. The van der Waals surface area contributed by atoms with E-state index in [9.17, 15) is 22.8 Å². The molecule has 0 bridgehead atoms. The van der Waals surface area contributed by atoms with E-state index >= 15 is 0 Å². The molecule has 0 unspecified atom stereocenters. The van der Waals surface area contributed by atoms with Gasteiger partial charge < -0.3 is 5.32 Å². The highest BCUT2D eigenvalue weighted by atomic mass is 19.2. The van der Waals surface area contributed by atoms with Crippen LogP contribution in [0, 0.1) is 17.5 Å². The number of hydrogen-bond acceptors (Lipinski definition) is 3. The summed E-state index contributed by atoms with van der Waals surface area (Å²) in [6, 6.07) is 14.3. The highest BCUT2D eigenvalue weighted by molar-refractivity contribution is 6.04. The molecule has 28 heavy (non-hydrogen) atoms. The Morgan fingerprint density at radius 3 is 2.18 bits per heavy atom. The van der Waals surface area contributed by atoms with Crippen LogP contribution in [0.1, 0.15) is 20.7 Å². The topological polar surface area (TPSA) is 78.4 Å². The van der Waals surface area contributed by atoms with E-state index in [1.54, 1.807) is 36.4 Å². The predicted octanol–water partition coefficient (Wildman–Crippen LogP) is 4.14. The fourth-order valence-corrected chi connectivity index (χ4v) is 2.55. The predicted molar refractivity (Wildman–Crippen MR) is 95.4 cm³/mol. The molecule has 3 rings (SSSR count). The Balaban J connectivity index is 1.83. The minimum Gasteiger partial charge on any atom is -0.322 e. The first-order valence-corrected chi connectivity index (χ1v) is 8.00. The summed E-state index contributed by atoms with van der Waals surface area (Å²) in [6.07, 6.45) is 0. The van der Waals surface area contributed by atoms with Crippen LogP contribution in [0.25, 0.3) is 11.1 Å². The lowest BCUT2D eigenvalue weighted by Gasteiger charge is -2.09. The molecular weight excluding hydrogens is 373 g/mol. The van der Waals surface area contributed by atoms with Crippen molar-refractivity contribution in [3.8, 4) is 11.1 Å². The van der Waals surface area contributed by atoms with Crippen LogP contribution in [0.5, 0.6) is 0 Å². The quantitative estimate of drug-likeness (QED) is 0.358. The van der Waals surface area contributed by atoms with Gasteiger partial charge in [0.25, 0.3) is 11.8 Å². The van der Waals surface area contributed by atoms with Crippen LogP contribution in [-0.2, 0) is 0 Å². The third-order valence-corrected chi connectivity index (χ3v) is 3.98. The monoisotopic (exact) mass is 386 g/mol. The molecule has 0 saturated carbocycles. The van der Waals surface area contributed by atoms with Crippen LogP contribution in [0.3, 0.4) is 0 Å². The van der Waals surface area contributed by atoms with E-state index in [1.807, 2.05) is 0 Å². The summed E-state index contributed by atoms with van der Waals surface area (Å²) in [6.45, 7) is 0. The van der Waals surface area contributed by atoms with Crippen molar-refractivity contribution in [2.45, 2.75) is 0 Å². The van der Waals surface area contributed by atoms with Gasteiger partial charge in [-0.15, -0.1) is 0 Å². The fraction of sp³-hybridized carbons (Fsp3) is 0. The van der Waals surface area contributed by atoms with Crippen molar-refractivity contribution in [2.75, 3.05) is 5.32 Å². The van der Waals surface area contributed by atoms with Crippen molar-refractivity contribution in [3.63, 3.8) is 0 Å². The Kier molecular flexibility index (Phi) is 5.42. The van der Waals surface area contributed by atoms with Gasteiger partial charge in [0.05, 0.1) is 5.56 Å². The Morgan fingerprint density at radius 1 is 0.786 bits per heavy atom. The van der Waals surface area contributed by atoms with Gasteiger partial charge in [-0.1, -0.05) is 24.3 Å². The number of hydrogen-bond donors (Lipinski definition) is 3. The van der Waals surface area contributed by atoms with Crippen LogP contribution in [0.2, 0.25) is 0 Å². The van der Waals surface area contributed by atoms with Crippen LogP contribution in [0.4, 0.5) is 18.9 Å². The van der Waals surface area contributed by atoms with Crippen molar-refractivity contribution in [3.05, 3.63) is 89.2 Å². The van der Waals surface area contributed by atoms with Gasteiger partial charge in [-0.05, 0) is 47.5 Å². The lowest BCUT2D eigenvalue weighted by Crippen LogP contribution is -2.18. The molecule has 142 valence electrons. The van der Waals surface area contributed by atoms with Gasteiger partial charge in [0.1, 0.15) is 0 Å². The Labute approximate surface area is 157 Å². The summed E-state index contributed by atoms with van der Waals surface area (Å²) >= 11 is 0. The number of rotatable bonds is 4. The summed E-state index contributed by atoms with van der Waals surface area (Å²) in [5, 5.41) is 11.1. The maximum absolute atomic E-state index is 13.8. The van der Waals surface area contributed by atoms with Gasteiger partial charge in [0.2, 0.25) is 0 Å². The number of carbonyl (C=O) groups is 2. The summed E-state index contributed by atoms with van der Waals surface area (Å²) in [5.41, 5.74) is 2.87. The third-order valence-electron chi connectivity index (χ3n) is 3.98. The molecule has 0 aliphatic rings. The summed E-state index contributed by atoms with van der Waals surface area (Å²) < 4.78 is 40.1. The van der Waals surface area contributed by atoms with Crippen molar-refractivity contribution in [2.24, 2.45) is 0 Å². The maximum atomic E-state index is 13.8. The van der Waals surface area contributed by atoms with E-state index in [1.165, 1.54) is 17.6 Å². The lowest BCUT2D eigenvalue weighted by molar-refractivity contribution is 0.0706. The molecule has 3 aromatic carbocycles. The van der Waals surface area contributed by atoms with E-state index in [4.69, 9.17) is 5.21 Å². The number of benzene rings is 3. The molecule has 0 aromatic heterocycles. The number of halogens is 3. The van der Waals surface area contributed by atoms with Crippen LogP contribution < -0.4 is 10.8 Å². The van der Waals surface area contributed by atoms with Gasteiger partial charge in [-0.2, -0.15) is 0 Å². The number of hydroxylamine groups is 1. The van der Waals surface area contributed by atoms with E-state index in [2.05, 4.69) is 5.32 Å².